The molecular weight excluding hydrogens is 205 g/mol. The first-order valence-electron chi connectivity index (χ1n) is 3.75. The molecule has 0 atom stereocenters. The van der Waals surface area contributed by atoms with E-state index in [0.717, 1.165) is 0 Å². The van der Waals surface area contributed by atoms with Gasteiger partial charge in [0.25, 0.3) is 0 Å². The van der Waals surface area contributed by atoms with Crippen LogP contribution in [0.3, 0.4) is 0 Å². The molecule has 0 N–H and O–H groups in total. The molecule has 6 heteroatoms. The molecule has 0 saturated heterocycles. The molecule has 0 rings (SSSR count). The zero-order chi connectivity index (χ0) is 10.9. The van der Waals surface area contributed by atoms with Crippen molar-refractivity contribution in [2.45, 2.75) is 32.7 Å². The molecule has 0 aliphatic heterocycles. The van der Waals surface area contributed by atoms with Gasteiger partial charge >= 0.3 is 5.51 Å². The lowest BCUT2D eigenvalue weighted by atomic mass is 9.94. The van der Waals surface area contributed by atoms with Crippen LogP contribution in [0.25, 0.3) is 0 Å². The molecule has 0 aromatic carbocycles. The number of rotatable bonds is 2. The van der Waals surface area contributed by atoms with E-state index in [4.69, 9.17) is 0 Å². The topological polar surface area (TPSA) is 34.1 Å². The Balaban J connectivity index is 4.40. The fourth-order valence-corrected chi connectivity index (χ4v) is 1.67. The number of sulfone groups is 1. The van der Waals surface area contributed by atoms with Gasteiger partial charge in [0.05, 0.1) is 5.75 Å². The van der Waals surface area contributed by atoms with Crippen molar-refractivity contribution in [3.63, 3.8) is 0 Å². The van der Waals surface area contributed by atoms with Gasteiger partial charge in [-0.3, -0.25) is 0 Å². The summed E-state index contributed by atoms with van der Waals surface area (Å²) in [4.78, 5) is 0. The molecule has 0 aliphatic rings. The second kappa shape index (κ2) is 3.48. The van der Waals surface area contributed by atoms with Crippen LogP contribution in [0.2, 0.25) is 0 Å². The summed E-state index contributed by atoms with van der Waals surface area (Å²) in [7, 11) is -4.93. The molecule has 0 aliphatic carbocycles. The standard InChI is InChI=1S/C7H13F3O2S/c1-6(2,3)4-5-13(11,12)7(8,9)10/h4-5H2,1-3H3. The van der Waals surface area contributed by atoms with Gasteiger partial charge in [-0.25, -0.2) is 8.42 Å². The lowest BCUT2D eigenvalue weighted by Crippen LogP contribution is -2.28. The quantitative estimate of drug-likeness (QED) is 0.713. The van der Waals surface area contributed by atoms with Crippen LogP contribution in [-0.4, -0.2) is 19.7 Å². The van der Waals surface area contributed by atoms with Crippen LogP contribution < -0.4 is 0 Å². The van der Waals surface area contributed by atoms with Gasteiger partial charge in [-0.15, -0.1) is 0 Å². The van der Waals surface area contributed by atoms with E-state index in [9.17, 15) is 21.6 Å². The van der Waals surface area contributed by atoms with E-state index in [0.29, 0.717) is 0 Å². The van der Waals surface area contributed by atoms with Crippen molar-refractivity contribution in [2.24, 2.45) is 5.41 Å². The Kier molecular flexibility index (Phi) is 3.41. The van der Waals surface area contributed by atoms with E-state index in [1.54, 1.807) is 20.8 Å². The van der Waals surface area contributed by atoms with Crippen molar-refractivity contribution in [1.82, 2.24) is 0 Å². The molecular formula is C7H13F3O2S. The maximum atomic E-state index is 11.8. The van der Waals surface area contributed by atoms with E-state index in [2.05, 4.69) is 0 Å². The molecule has 80 valence electrons. The predicted molar refractivity (Wildman–Crippen MR) is 43.9 cm³/mol. The van der Waals surface area contributed by atoms with Crippen LogP contribution in [0, 0.1) is 5.41 Å². The lowest BCUT2D eigenvalue weighted by molar-refractivity contribution is -0.0436. The Hall–Kier alpha value is -0.260. The van der Waals surface area contributed by atoms with Crippen LogP contribution in [-0.2, 0) is 9.84 Å². The summed E-state index contributed by atoms with van der Waals surface area (Å²) in [6.45, 7) is 5.08. The molecule has 0 saturated carbocycles. The van der Waals surface area contributed by atoms with E-state index in [1.165, 1.54) is 0 Å². The summed E-state index contributed by atoms with van der Waals surface area (Å²) >= 11 is 0. The lowest BCUT2D eigenvalue weighted by Gasteiger charge is -2.18. The first-order valence-corrected chi connectivity index (χ1v) is 5.40. The molecule has 0 fully saturated rings. The number of hydrogen-bond donors (Lipinski definition) is 0. The highest BCUT2D eigenvalue weighted by atomic mass is 32.2. The Bertz CT molecular complexity index is 258. The van der Waals surface area contributed by atoms with Gasteiger partial charge in [-0.1, -0.05) is 20.8 Å². The number of alkyl halides is 3. The number of halogens is 3. The molecule has 0 heterocycles. The van der Waals surface area contributed by atoms with Crippen LogP contribution in [0.4, 0.5) is 13.2 Å². The fraction of sp³-hybridized carbons (Fsp3) is 1.00. The van der Waals surface area contributed by atoms with E-state index in [-0.39, 0.29) is 6.42 Å². The Morgan fingerprint density at radius 3 is 1.69 bits per heavy atom. The fourth-order valence-electron chi connectivity index (χ4n) is 0.556. The predicted octanol–water partition coefficient (Wildman–Crippen LogP) is 2.36. The summed E-state index contributed by atoms with van der Waals surface area (Å²) in [6, 6.07) is 0. The largest absolute Gasteiger partial charge is 0.497 e. The molecule has 0 spiro atoms. The molecule has 0 amide bonds. The maximum Gasteiger partial charge on any atom is 0.497 e. The zero-order valence-electron chi connectivity index (χ0n) is 7.77. The van der Waals surface area contributed by atoms with Crippen molar-refractivity contribution in [3.05, 3.63) is 0 Å². The van der Waals surface area contributed by atoms with Crippen LogP contribution in [0.15, 0.2) is 0 Å². The van der Waals surface area contributed by atoms with Crippen molar-refractivity contribution in [1.29, 1.82) is 0 Å². The first kappa shape index (κ1) is 12.7. The second-order valence-electron chi connectivity index (χ2n) is 4.08. The Morgan fingerprint density at radius 2 is 1.46 bits per heavy atom. The Labute approximate surface area is 76.1 Å². The van der Waals surface area contributed by atoms with Crippen molar-refractivity contribution in [2.75, 3.05) is 5.75 Å². The Morgan fingerprint density at radius 1 is 1.08 bits per heavy atom. The molecule has 13 heavy (non-hydrogen) atoms. The second-order valence-corrected chi connectivity index (χ2v) is 6.18. The van der Waals surface area contributed by atoms with Crippen LogP contribution >= 0.6 is 0 Å². The molecule has 0 radical (unpaired) electrons. The highest BCUT2D eigenvalue weighted by Gasteiger charge is 2.45. The summed E-state index contributed by atoms with van der Waals surface area (Å²) in [6.07, 6.45) is 0.00877. The highest BCUT2D eigenvalue weighted by molar-refractivity contribution is 7.92. The van der Waals surface area contributed by atoms with Crippen molar-refractivity contribution >= 4 is 9.84 Å². The third-order valence-corrected chi connectivity index (χ3v) is 2.92. The van der Waals surface area contributed by atoms with Gasteiger partial charge in [-0.05, 0) is 11.8 Å². The van der Waals surface area contributed by atoms with E-state index in [1.807, 2.05) is 0 Å². The smallest absolute Gasteiger partial charge is 0.220 e. The van der Waals surface area contributed by atoms with Crippen LogP contribution in [0.1, 0.15) is 27.2 Å². The van der Waals surface area contributed by atoms with E-state index < -0.39 is 26.5 Å². The SMILES string of the molecule is CC(C)(C)CCS(=O)(=O)C(F)(F)F. The van der Waals surface area contributed by atoms with Crippen LogP contribution in [0.5, 0.6) is 0 Å². The average Bonchev–Trinajstić information content (AvgIpc) is 1.79. The van der Waals surface area contributed by atoms with Gasteiger partial charge in [0.15, 0.2) is 0 Å². The highest BCUT2D eigenvalue weighted by Crippen LogP contribution is 2.27. The van der Waals surface area contributed by atoms with Gasteiger partial charge in [0, 0.05) is 0 Å². The number of hydrogen-bond acceptors (Lipinski definition) is 2. The van der Waals surface area contributed by atoms with Gasteiger partial charge in [-0.2, -0.15) is 13.2 Å². The summed E-state index contributed by atoms with van der Waals surface area (Å²) in [5, 5.41) is 0. The minimum absolute atomic E-state index is 0.00877. The van der Waals surface area contributed by atoms with Crippen molar-refractivity contribution in [3.8, 4) is 0 Å². The molecule has 0 aromatic heterocycles. The van der Waals surface area contributed by atoms with Crippen molar-refractivity contribution < 1.29 is 21.6 Å². The van der Waals surface area contributed by atoms with Gasteiger partial charge in [0.1, 0.15) is 0 Å². The minimum Gasteiger partial charge on any atom is -0.220 e. The van der Waals surface area contributed by atoms with Gasteiger partial charge < -0.3 is 0 Å². The molecule has 0 unspecified atom stereocenters. The summed E-state index contributed by atoms with van der Waals surface area (Å²) in [5.41, 5.74) is -5.52. The third-order valence-electron chi connectivity index (χ3n) is 1.47. The first-order chi connectivity index (χ1) is 5.46. The molecule has 2 nitrogen and oxygen atoms in total. The zero-order valence-corrected chi connectivity index (χ0v) is 8.59. The minimum atomic E-state index is -5.11. The van der Waals surface area contributed by atoms with E-state index >= 15 is 0 Å². The summed E-state index contributed by atoms with van der Waals surface area (Å²) in [5.74, 6) is -0.833. The van der Waals surface area contributed by atoms with Gasteiger partial charge in [0.2, 0.25) is 9.84 Å². The molecule has 0 bridgehead atoms. The monoisotopic (exact) mass is 218 g/mol. The third kappa shape index (κ3) is 4.50. The summed E-state index contributed by atoms with van der Waals surface area (Å²) < 4.78 is 56.6. The normalized spacial score (nSPS) is 14.6. The molecule has 0 aromatic rings. The average molecular weight is 218 g/mol. The maximum absolute atomic E-state index is 11.8.